The van der Waals surface area contributed by atoms with Crippen LogP contribution in [0.2, 0.25) is 10.0 Å². The van der Waals surface area contributed by atoms with E-state index in [2.05, 4.69) is 4.74 Å². The molecule has 2 aromatic carbocycles. The van der Waals surface area contributed by atoms with E-state index in [4.69, 9.17) is 23.2 Å². The normalized spacial score (nSPS) is 12.6. The summed E-state index contributed by atoms with van der Waals surface area (Å²) < 4.78 is 47.0. The molecule has 0 saturated carbocycles. The molecule has 3 aromatic rings. The molecular weight excluding hydrogens is 444 g/mol. The Hall–Kier alpha value is -2.71. The number of nitrogens with zero attached hydrogens (tertiary/aromatic N) is 1. The van der Waals surface area contributed by atoms with Gasteiger partial charge in [-0.1, -0.05) is 35.3 Å². The number of hydrogen-bond donors (Lipinski definition) is 1. The first-order chi connectivity index (χ1) is 14.0. The smallest absolute Gasteiger partial charge is 0.412 e. The van der Waals surface area contributed by atoms with E-state index in [-0.39, 0.29) is 26.9 Å². The average molecular weight is 459 g/mol. The highest BCUT2D eigenvalue weighted by molar-refractivity contribution is 6.45. The second-order valence-electron chi connectivity index (χ2n) is 6.44. The highest BCUT2D eigenvalue weighted by Gasteiger charge is 2.42. The molecule has 1 heterocycles. The monoisotopic (exact) mass is 458 g/mol. The Kier molecular flexibility index (Phi) is 6.01. The zero-order valence-corrected chi connectivity index (χ0v) is 17.2. The van der Waals surface area contributed by atoms with E-state index in [1.807, 2.05) is 5.32 Å². The maximum atomic E-state index is 13.7. The number of fused-ring (bicyclic) bond motifs is 1. The largest absolute Gasteiger partial charge is 0.465 e. The molecular formula is C20H15Cl2F3N2O3. The second kappa shape index (κ2) is 8.20. The zero-order valence-electron chi connectivity index (χ0n) is 15.7. The Morgan fingerprint density at radius 2 is 1.73 bits per heavy atom. The van der Waals surface area contributed by atoms with Gasteiger partial charge in [0.05, 0.1) is 22.7 Å². The number of aromatic nitrogens is 1. The Morgan fingerprint density at radius 3 is 2.30 bits per heavy atom. The summed E-state index contributed by atoms with van der Waals surface area (Å²) in [5.74, 6) is -1.62. The summed E-state index contributed by atoms with van der Waals surface area (Å²) in [6.07, 6.45) is -4.77. The van der Waals surface area contributed by atoms with Gasteiger partial charge in [0.25, 0.3) is 5.91 Å². The van der Waals surface area contributed by atoms with E-state index in [1.165, 1.54) is 35.9 Å². The van der Waals surface area contributed by atoms with E-state index in [0.29, 0.717) is 10.9 Å². The van der Waals surface area contributed by atoms with E-state index < -0.39 is 24.1 Å². The number of amides is 1. The Morgan fingerprint density at radius 1 is 1.10 bits per heavy atom. The fourth-order valence-corrected chi connectivity index (χ4v) is 3.43. The first-order valence-electron chi connectivity index (χ1n) is 8.54. The molecule has 5 nitrogen and oxygen atoms in total. The predicted molar refractivity (Wildman–Crippen MR) is 107 cm³/mol. The summed E-state index contributed by atoms with van der Waals surface area (Å²) in [4.78, 5) is 24.2. The lowest BCUT2D eigenvalue weighted by atomic mass is 10.0. The van der Waals surface area contributed by atoms with Crippen molar-refractivity contribution in [3.63, 3.8) is 0 Å². The molecule has 30 heavy (non-hydrogen) atoms. The summed E-state index contributed by atoms with van der Waals surface area (Å²) >= 11 is 12.1. The molecule has 0 radical (unpaired) electrons. The van der Waals surface area contributed by atoms with Gasteiger partial charge in [-0.15, -0.1) is 0 Å². The molecule has 0 aliphatic carbocycles. The molecule has 0 fully saturated rings. The molecule has 1 aromatic heterocycles. The third-order valence-corrected chi connectivity index (χ3v) is 5.43. The topological polar surface area (TPSA) is 60.3 Å². The van der Waals surface area contributed by atoms with Crippen molar-refractivity contribution in [1.29, 1.82) is 0 Å². The van der Waals surface area contributed by atoms with Crippen molar-refractivity contribution in [2.75, 3.05) is 7.11 Å². The number of hydrogen-bond acceptors (Lipinski definition) is 3. The van der Waals surface area contributed by atoms with Gasteiger partial charge in [0.1, 0.15) is 5.69 Å². The van der Waals surface area contributed by atoms with Gasteiger partial charge in [-0.25, -0.2) is 4.79 Å². The van der Waals surface area contributed by atoms with E-state index >= 15 is 0 Å². The lowest BCUT2D eigenvalue weighted by Crippen LogP contribution is -2.38. The summed E-state index contributed by atoms with van der Waals surface area (Å²) in [7, 11) is 2.70. The number of alkyl halides is 3. The van der Waals surface area contributed by atoms with Crippen LogP contribution in [0.1, 0.15) is 32.5 Å². The van der Waals surface area contributed by atoms with Crippen LogP contribution in [0.4, 0.5) is 13.2 Å². The SMILES string of the molecule is COC(=O)c1ccc(C(NC(=O)c2cc3c(Cl)c(Cl)ccc3n2C)C(F)(F)F)cc1. The maximum Gasteiger partial charge on any atom is 0.412 e. The molecule has 1 N–H and O–H groups in total. The molecule has 0 aliphatic heterocycles. The molecule has 10 heteroatoms. The van der Waals surface area contributed by atoms with Crippen molar-refractivity contribution in [3.8, 4) is 0 Å². The minimum atomic E-state index is -4.77. The Bertz CT molecular complexity index is 1130. The molecule has 0 saturated heterocycles. The molecule has 3 rings (SSSR count). The van der Waals surface area contributed by atoms with Crippen LogP contribution in [0.5, 0.6) is 0 Å². The highest BCUT2D eigenvalue weighted by atomic mass is 35.5. The van der Waals surface area contributed by atoms with Crippen molar-refractivity contribution < 1.29 is 27.5 Å². The van der Waals surface area contributed by atoms with Crippen molar-refractivity contribution in [1.82, 2.24) is 9.88 Å². The number of nitrogens with one attached hydrogen (secondary N) is 1. The van der Waals surface area contributed by atoms with E-state index in [0.717, 1.165) is 19.2 Å². The van der Waals surface area contributed by atoms with Crippen molar-refractivity contribution in [2.45, 2.75) is 12.2 Å². The number of ether oxygens (including phenoxy) is 1. The average Bonchev–Trinajstić information content (AvgIpc) is 3.04. The molecule has 1 atom stereocenters. The van der Waals surface area contributed by atoms with Gasteiger partial charge in [0, 0.05) is 18.0 Å². The molecule has 0 spiro atoms. The zero-order chi connectivity index (χ0) is 22.2. The van der Waals surface area contributed by atoms with Crippen LogP contribution in [0, 0.1) is 0 Å². The summed E-state index contributed by atoms with van der Waals surface area (Å²) in [6.45, 7) is 0. The Labute approximate surface area is 179 Å². The quantitative estimate of drug-likeness (QED) is 0.539. The number of esters is 1. The van der Waals surface area contributed by atoms with E-state index in [9.17, 15) is 22.8 Å². The van der Waals surface area contributed by atoms with Crippen molar-refractivity contribution in [3.05, 3.63) is 69.3 Å². The van der Waals surface area contributed by atoms with Gasteiger partial charge in [-0.2, -0.15) is 13.2 Å². The van der Waals surface area contributed by atoms with Crippen LogP contribution in [0.3, 0.4) is 0 Å². The minimum absolute atomic E-state index is 0.0189. The van der Waals surface area contributed by atoms with Gasteiger partial charge in [0.2, 0.25) is 0 Å². The van der Waals surface area contributed by atoms with Gasteiger partial charge < -0.3 is 14.6 Å². The van der Waals surface area contributed by atoms with Crippen LogP contribution >= 0.6 is 23.2 Å². The van der Waals surface area contributed by atoms with Gasteiger partial charge >= 0.3 is 12.1 Å². The van der Waals surface area contributed by atoms with Crippen LogP contribution in [0.15, 0.2) is 42.5 Å². The lowest BCUT2D eigenvalue weighted by Gasteiger charge is -2.22. The molecule has 158 valence electrons. The van der Waals surface area contributed by atoms with Gasteiger partial charge in [-0.3, -0.25) is 4.79 Å². The third kappa shape index (κ3) is 4.11. The van der Waals surface area contributed by atoms with Crippen LogP contribution in [-0.2, 0) is 11.8 Å². The number of carbonyl (C=O) groups excluding carboxylic acids is 2. The van der Waals surface area contributed by atoms with Crippen LogP contribution in [-0.4, -0.2) is 29.7 Å². The third-order valence-electron chi connectivity index (χ3n) is 4.61. The molecule has 0 aliphatic rings. The predicted octanol–water partition coefficient (Wildman–Crippen LogP) is 5.31. The van der Waals surface area contributed by atoms with Gasteiger partial charge in [0.15, 0.2) is 6.04 Å². The fraction of sp³-hybridized carbons (Fsp3) is 0.200. The first-order valence-corrected chi connectivity index (χ1v) is 9.29. The maximum absolute atomic E-state index is 13.7. The molecule has 0 bridgehead atoms. The molecule has 1 unspecified atom stereocenters. The standard InChI is InChI=1S/C20H15Cl2F3N2O3/c1-27-14-8-7-13(21)16(22)12(14)9-15(27)18(28)26-17(20(23,24)25)10-3-5-11(6-4-10)19(29)30-2/h3-9,17H,1-2H3,(H,26,28). The number of rotatable bonds is 4. The number of benzene rings is 2. The minimum Gasteiger partial charge on any atom is -0.465 e. The second-order valence-corrected chi connectivity index (χ2v) is 7.23. The highest BCUT2D eigenvalue weighted by Crippen LogP contribution is 2.35. The number of halogens is 5. The van der Waals surface area contributed by atoms with Crippen molar-refractivity contribution in [2.24, 2.45) is 7.05 Å². The number of aryl methyl sites for hydroxylation is 1. The van der Waals surface area contributed by atoms with Crippen molar-refractivity contribution >= 4 is 46.0 Å². The van der Waals surface area contributed by atoms with Gasteiger partial charge in [-0.05, 0) is 35.9 Å². The molecule has 1 amide bonds. The van der Waals surface area contributed by atoms with Crippen LogP contribution < -0.4 is 5.32 Å². The first kappa shape index (κ1) is 22.0. The summed E-state index contributed by atoms with van der Waals surface area (Å²) in [6, 6.07) is 6.88. The number of carbonyl (C=O) groups is 2. The number of methoxy groups -OCH3 is 1. The summed E-state index contributed by atoms with van der Waals surface area (Å²) in [5, 5.41) is 2.93. The van der Waals surface area contributed by atoms with Crippen LogP contribution in [0.25, 0.3) is 10.9 Å². The lowest BCUT2D eigenvalue weighted by molar-refractivity contribution is -0.155. The fourth-order valence-electron chi connectivity index (χ4n) is 3.06. The Balaban J connectivity index is 1.95. The summed E-state index contributed by atoms with van der Waals surface area (Å²) in [5.41, 5.74) is 0.382. The van der Waals surface area contributed by atoms with E-state index in [1.54, 1.807) is 6.07 Å².